The fourth-order valence-electron chi connectivity index (χ4n) is 2.87. The zero-order chi connectivity index (χ0) is 20.5. The molecule has 4 amide bonds. The molecule has 28 heavy (non-hydrogen) atoms. The zero-order valence-corrected chi connectivity index (χ0v) is 14.5. The van der Waals surface area contributed by atoms with Crippen molar-refractivity contribution in [3.8, 4) is 0 Å². The van der Waals surface area contributed by atoms with Crippen molar-refractivity contribution in [1.82, 2.24) is 20.5 Å². The molecule has 1 saturated heterocycles. The van der Waals surface area contributed by atoms with Gasteiger partial charge in [-0.05, 0) is 24.6 Å². The Morgan fingerprint density at radius 3 is 2.32 bits per heavy atom. The summed E-state index contributed by atoms with van der Waals surface area (Å²) >= 11 is 0. The first-order valence-corrected chi connectivity index (χ1v) is 8.17. The summed E-state index contributed by atoms with van der Waals surface area (Å²) in [6.45, 7) is 1.42. The normalized spacial score (nSPS) is 20.6. The molecule has 7 nitrogen and oxygen atoms in total. The third kappa shape index (κ3) is 3.17. The molecule has 2 aromatic rings. The molecule has 0 saturated carbocycles. The number of amides is 4. The number of aromatic nitrogens is 1. The SMILES string of the molecule is C[C@H](c1ccccc1)N1C(=O)N[C@](NC(=O)c2ccncc2)(C(F)(F)F)C1=O. The highest BCUT2D eigenvalue weighted by Crippen LogP contribution is 2.37. The highest BCUT2D eigenvalue weighted by atomic mass is 19.4. The number of nitrogens with one attached hydrogen (secondary N) is 2. The molecule has 146 valence electrons. The number of urea groups is 1. The van der Waals surface area contributed by atoms with Gasteiger partial charge in [-0.3, -0.25) is 24.8 Å². The molecule has 3 rings (SSSR count). The van der Waals surface area contributed by atoms with Crippen LogP contribution in [0, 0.1) is 0 Å². The first-order chi connectivity index (χ1) is 13.2. The number of benzene rings is 1. The molecule has 0 unspecified atom stereocenters. The molecule has 2 N–H and O–H groups in total. The lowest BCUT2D eigenvalue weighted by atomic mass is 10.0. The summed E-state index contributed by atoms with van der Waals surface area (Å²) in [5.41, 5.74) is -3.24. The summed E-state index contributed by atoms with van der Waals surface area (Å²) in [7, 11) is 0. The van der Waals surface area contributed by atoms with E-state index in [1.54, 1.807) is 41.0 Å². The number of nitrogens with zero attached hydrogens (tertiary/aromatic N) is 2. The first kappa shape index (κ1) is 19.3. The Labute approximate surface area is 157 Å². The number of halogens is 3. The van der Waals surface area contributed by atoms with Crippen molar-refractivity contribution < 1.29 is 27.6 Å². The average Bonchev–Trinajstić information content (AvgIpc) is 2.93. The van der Waals surface area contributed by atoms with Crippen LogP contribution < -0.4 is 10.6 Å². The second kappa shape index (κ2) is 6.95. The number of alkyl halides is 3. The van der Waals surface area contributed by atoms with Gasteiger partial charge >= 0.3 is 12.2 Å². The highest BCUT2D eigenvalue weighted by Gasteiger charge is 2.69. The number of carbonyl (C=O) groups excluding carboxylic acids is 3. The second-order valence-electron chi connectivity index (χ2n) is 6.13. The van der Waals surface area contributed by atoms with Crippen LogP contribution in [-0.2, 0) is 4.79 Å². The van der Waals surface area contributed by atoms with Crippen molar-refractivity contribution in [3.05, 3.63) is 66.0 Å². The van der Waals surface area contributed by atoms with Crippen molar-refractivity contribution in [1.29, 1.82) is 0 Å². The van der Waals surface area contributed by atoms with Gasteiger partial charge in [-0.1, -0.05) is 30.3 Å². The van der Waals surface area contributed by atoms with Gasteiger partial charge in [0, 0.05) is 18.0 Å². The Hall–Kier alpha value is -3.43. The molecule has 2 heterocycles. The summed E-state index contributed by atoms with van der Waals surface area (Å²) in [6.07, 6.45) is -2.84. The van der Waals surface area contributed by atoms with Gasteiger partial charge in [0.05, 0.1) is 6.04 Å². The molecule has 1 fully saturated rings. The van der Waals surface area contributed by atoms with Crippen molar-refractivity contribution in [2.75, 3.05) is 0 Å². The van der Waals surface area contributed by atoms with Gasteiger partial charge in [-0.2, -0.15) is 13.2 Å². The Morgan fingerprint density at radius 2 is 1.75 bits per heavy atom. The standard InChI is InChI=1S/C18H15F3N4O3/c1-11(12-5-3-2-4-6-12)25-15(27)17(18(19,20)21,24-16(25)28)23-14(26)13-7-9-22-10-8-13/h2-11H,1H3,(H,23,26)(H,24,28)/t11-,17+/m1/s1. The maximum absolute atomic E-state index is 13.9. The summed E-state index contributed by atoms with van der Waals surface area (Å²) < 4.78 is 41.6. The van der Waals surface area contributed by atoms with E-state index in [9.17, 15) is 27.6 Å². The molecular formula is C18H15F3N4O3. The maximum atomic E-state index is 13.9. The highest BCUT2D eigenvalue weighted by molar-refractivity contribution is 6.10. The van der Waals surface area contributed by atoms with Crippen LogP contribution in [0.5, 0.6) is 0 Å². The van der Waals surface area contributed by atoms with Crippen LogP contribution >= 0.6 is 0 Å². The van der Waals surface area contributed by atoms with Gasteiger partial charge in [0.1, 0.15) is 0 Å². The van der Waals surface area contributed by atoms with Gasteiger partial charge < -0.3 is 5.32 Å². The van der Waals surface area contributed by atoms with Crippen LogP contribution in [-0.4, -0.2) is 39.6 Å². The molecule has 0 bridgehead atoms. The van der Waals surface area contributed by atoms with Crippen LogP contribution in [0.2, 0.25) is 0 Å². The smallest absolute Gasteiger partial charge is 0.314 e. The lowest BCUT2D eigenvalue weighted by Gasteiger charge is -2.30. The molecule has 1 aromatic carbocycles. The van der Waals surface area contributed by atoms with Gasteiger partial charge in [-0.25, -0.2) is 4.79 Å². The van der Waals surface area contributed by atoms with Crippen LogP contribution in [0.1, 0.15) is 28.9 Å². The first-order valence-electron chi connectivity index (χ1n) is 8.17. The molecule has 2 atom stereocenters. The predicted octanol–water partition coefficient (Wildman–Crippen LogP) is 2.38. The van der Waals surface area contributed by atoms with Gasteiger partial charge in [0.15, 0.2) is 0 Å². The van der Waals surface area contributed by atoms with E-state index in [0.717, 1.165) is 0 Å². The quantitative estimate of drug-likeness (QED) is 0.782. The predicted molar refractivity (Wildman–Crippen MR) is 90.7 cm³/mol. The summed E-state index contributed by atoms with van der Waals surface area (Å²) in [5.74, 6) is -2.79. The van der Waals surface area contributed by atoms with E-state index < -0.39 is 35.7 Å². The van der Waals surface area contributed by atoms with Gasteiger partial charge in [0.25, 0.3) is 17.5 Å². The van der Waals surface area contributed by atoms with E-state index in [1.165, 1.54) is 31.5 Å². The van der Waals surface area contributed by atoms with E-state index in [2.05, 4.69) is 4.98 Å². The van der Waals surface area contributed by atoms with Crippen LogP contribution in [0.3, 0.4) is 0 Å². The van der Waals surface area contributed by atoms with E-state index in [4.69, 9.17) is 0 Å². The largest absolute Gasteiger partial charge is 0.440 e. The molecule has 1 aromatic heterocycles. The average molecular weight is 392 g/mol. The fourth-order valence-corrected chi connectivity index (χ4v) is 2.87. The molecule has 0 spiro atoms. The maximum Gasteiger partial charge on any atom is 0.440 e. The third-order valence-corrected chi connectivity index (χ3v) is 4.39. The molecule has 1 aliphatic rings. The Morgan fingerprint density at radius 1 is 1.14 bits per heavy atom. The van der Waals surface area contributed by atoms with Crippen LogP contribution in [0.15, 0.2) is 54.9 Å². The van der Waals surface area contributed by atoms with E-state index in [1.807, 2.05) is 0 Å². The van der Waals surface area contributed by atoms with E-state index in [-0.39, 0.29) is 5.56 Å². The number of hydrogen-bond donors (Lipinski definition) is 2. The minimum atomic E-state index is -5.27. The van der Waals surface area contributed by atoms with Crippen LogP contribution in [0.4, 0.5) is 18.0 Å². The summed E-state index contributed by atoms with van der Waals surface area (Å²) in [4.78, 5) is 41.5. The van der Waals surface area contributed by atoms with Crippen molar-refractivity contribution >= 4 is 17.8 Å². The monoisotopic (exact) mass is 392 g/mol. The van der Waals surface area contributed by atoms with E-state index in [0.29, 0.717) is 10.5 Å². The molecule has 0 radical (unpaired) electrons. The Balaban J connectivity index is 1.97. The number of carbonyl (C=O) groups is 3. The third-order valence-electron chi connectivity index (χ3n) is 4.39. The fraction of sp³-hybridized carbons (Fsp3) is 0.222. The molecule has 10 heteroatoms. The molecular weight excluding hydrogens is 377 g/mol. The van der Waals surface area contributed by atoms with Gasteiger partial charge in [0.2, 0.25) is 0 Å². The number of imide groups is 1. The second-order valence-corrected chi connectivity index (χ2v) is 6.13. The lowest BCUT2D eigenvalue weighted by Crippen LogP contribution is -2.69. The van der Waals surface area contributed by atoms with Crippen molar-refractivity contribution in [2.24, 2.45) is 0 Å². The number of rotatable bonds is 4. The summed E-state index contributed by atoms with van der Waals surface area (Å²) in [6, 6.07) is 8.25. The summed E-state index contributed by atoms with van der Waals surface area (Å²) in [5, 5.41) is 3.27. The number of hydrogen-bond acceptors (Lipinski definition) is 4. The Kier molecular flexibility index (Phi) is 4.80. The van der Waals surface area contributed by atoms with Crippen LogP contribution in [0.25, 0.3) is 0 Å². The van der Waals surface area contributed by atoms with E-state index >= 15 is 0 Å². The zero-order valence-electron chi connectivity index (χ0n) is 14.5. The van der Waals surface area contributed by atoms with Crippen molar-refractivity contribution in [2.45, 2.75) is 24.8 Å². The minimum Gasteiger partial charge on any atom is -0.314 e. The molecule has 0 aliphatic carbocycles. The van der Waals surface area contributed by atoms with Gasteiger partial charge in [-0.15, -0.1) is 0 Å². The minimum absolute atomic E-state index is 0.143. The molecule has 1 aliphatic heterocycles. The van der Waals surface area contributed by atoms with Crippen molar-refractivity contribution in [3.63, 3.8) is 0 Å². The number of pyridine rings is 1. The topological polar surface area (TPSA) is 91.4 Å². The Bertz CT molecular complexity index is 905. The lowest BCUT2D eigenvalue weighted by molar-refractivity contribution is -0.200.